The van der Waals surface area contributed by atoms with Gasteiger partial charge in [0.2, 0.25) is 0 Å². The first-order chi connectivity index (χ1) is 10.7. The van der Waals surface area contributed by atoms with Crippen molar-refractivity contribution in [1.29, 1.82) is 0 Å². The molecule has 1 aliphatic carbocycles. The first-order valence-electron chi connectivity index (χ1n) is 7.93. The second kappa shape index (κ2) is 6.30. The number of hydrogen-bond acceptors (Lipinski definition) is 3. The van der Waals surface area contributed by atoms with Gasteiger partial charge in [-0.2, -0.15) is 5.10 Å². The summed E-state index contributed by atoms with van der Waals surface area (Å²) in [6.45, 7) is 0. The molecule has 0 saturated heterocycles. The average molecular weight is 299 g/mol. The molecule has 1 heterocycles. The van der Waals surface area contributed by atoms with E-state index in [9.17, 15) is 9.59 Å². The van der Waals surface area contributed by atoms with E-state index in [-0.39, 0.29) is 17.5 Å². The highest BCUT2D eigenvalue weighted by atomic mass is 16.2. The molecule has 0 bridgehead atoms. The number of hydrogen-bond donors (Lipinski definition) is 1. The predicted octanol–water partition coefficient (Wildman–Crippen LogP) is 2.72. The Labute approximate surface area is 129 Å². The summed E-state index contributed by atoms with van der Waals surface area (Å²) in [4.78, 5) is 26.5. The zero-order chi connectivity index (χ0) is 15.5. The summed E-state index contributed by atoms with van der Waals surface area (Å²) >= 11 is 0. The Morgan fingerprint density at radius 3 is 2.45 bits per heavy atom. The number of aromatic amines is 1. The van der Waals surface area contributed by atoms with Crippen LogP contribution >= 0.6 is 0 Å². The van der Waals surface area contributed by atoms with Crippen LogP contribution < -0.4 is 5.56 Å². The predicted molar refractivity (Wildman–Crippen MR) is 85.9 cm³/mol. The second-order valence-corrected chi connectivity index (χ2v) is 6.01. The lowest BCUT2D eigenvalue weighted by atomic mass is 10.1. The Balaban J connectivity index is 1.95. The van der Waals surface area contributed by atoms with Crippen molar-refractivity contribution in [3.63, 3.8) is 0 Å². The number of benzene rings is 1. The Hall–Kier alpha value is -2.17. The van der Waals surface area contributed by atoms with E-state index in [1.54, 1.807) is 23.1 Å². The Morgan fingerprint density at radius 2 is 1.77 bits per heavy atom. The van der Waals surface area contributed by atoms with Crippen LogP contribution in [-0.4, -0.2) is 34.1 Å². The number of H-pyrrole nitrogens is 1. The summed E-state index contributed by atoms with van der Waals surface area (Å²) in [5.41, 5.74) is 0.0752. The van der Waals surface area contributed by atoms with Crippen LogP contribution in [-0.2, 0) is 0 Å². The molecule has 1 N–H and O–H groups in total. The second-order valence-electron chi connectivity index (χ2n) is 6.01. The van der Waals surface area contributed by atoms with Crippen molar-refractivity contribution in [2.45, 2.75) is 44.6 Å². The van der Waals surface area contributed by atoms with E-state index in [0.717, 1.165) is 12.8 Å². The molecular formula is C17H21N3O2. The van der Waals surface area contributed by atoms with Gasteiger partial charge in [0.25, 0.3) is 11.5 Å². The molecule has 1 fully saturated rings. The third-order valence-electron chi connectivity index (χ3n) is 4.59. The van der Waals surface area contributed by atoms with Crippen molar-refractivity contribution in [3.8, 4) is 0 Å². The smallest absolute Gasteiger partial charge is 0.274 e. The first kappa shape index (κ1) is 14.8. The van der Waals surface area contributed by atoms with E-state index in [4.69, 9.17) is 0 Å². The minimum atomic E-state index is -0.260. The van der Waals surface area contributed by atoms with Gasteiger partial charge in [0.15, 0.2) is 5.69 Å². The molecule has 1 aromatic heterocycles. The maximum Gasteiger partial charge on any atom is 0.274 e. The highest BCUT2D eigenvalue weighted by Crippen LogP contribution is 2.23. The molecule has 5 nitrogen and oxygen atoms in total. The summed E-state index contributed by atoms with van der Waals surface area (Å²) < 4.78 is 0. The number of fused-ring (bicyclic) bond motifs is 1. The van der Waals surface area contributed by atoms with Gasteiger partial charge in [-0.25, -0.2) is 5.10 Å². The maximum absolute atomic E-state index is 12.8. The van der Waals surface area contributed by atoms with Gasteiger partial charge in [-0.15, -0.1) is 0 Å². The van der Waals surface area contributed by atoms with Gasteiger partial charge in [0.1, 0.15) is 0 Å². The summed E-state index contributed by atoms with van der Waals surface area (Å²) in [5.74, 6) is -0.112. The topological polar surface area (TPSA) is 66.1 Å². The fourth-order valence-corrected chi connectivity index (χ4v) is 3.26. The molecule has 22 heavy (non-hydrogen) atoms. The monoisotopic (exact) mass is 299 g/mol. The quantitative estimate of drug-likeness (QED) is 0.867. The number of rotatable bonds is 2. The van der Waals surface area contributed by atoms with Crippen molar-refractivity contribution in [2.24, 2.45) is 0 Å². The molecule has 2 aromatic rings. The standard InChI is InChI=1S/C17H21N3O2/c1-20(12-8-4-2-3-5-9-12)17(22)15-13-10-6-7-11-14(13)16(21)19-18-15/h6-7,10-12H,2-5,8-9H2,1H3,(H,19,21). The van der Waals surface area contributed by atoms with Crippen molar-refractivity contribution < 1.29 is 4.79 Å². The first-order valence-corrected chi connectivity index (χ1v) is 7.93. The minimum absolute atomic E-state index is 0.112. The lowest BCUT2D eigenvalue weighted by Crippen LogP contribution is -2.37. The molecule has 116 valence electrons. The van der Waals surface area contributed by atoms with Crippen LogP contribution in [0.1, 0.15) is 49.0 Å². The van der Waals surface area contributed by atoms with E-state index < -0.39 is 0 Å². The highest BCUT2D eigenvalue weighted by molar-refractivity contribution is 6.04. The fraction of sp³-hybridized carbons (Fsp3) is 0.471. The Bertz CT molecular complexity index is 730. The number of aromatic nitrogens is 2. The minimum Gasteiger partial charge on any atom is -0.337 e. The number of carbonyl (C=O) groups is 1. The molecule has 1 amide bonds. The zero-order valence-corrected chi connectivity index (χ0v) is 12.8. The van der Waals surface area contributed by atoms with Crippen molar-refractivity contribution in [3.05, 3.63) is 40.3 Å². The SMILES string of the molecule is CN(C(=O)c1n[nH]c(=O)c2ccccc12)C1CCCCCC1. The molecule has 1 aliphatic rings. The molecule has 0 aliphatic heterocycles. The van der Waals surface area contributed by atoms with Crippen molar-refractivity contribution in [1.82, 2.24) is 15.1 Å². The fourth-order valence-electron chi connectivity index (χ4n) is 3.26. The molecular weight excluding hydrogens is 278 g/mol. The van der Waals surface area contributed by atoms with Gasteiger partial charge in [-0.05, 0) is 18.9 Å². The third-order valence-corrected chi connectivity index (χ3v) is 4.59. The van der Waals surface area contributed by atoms with E-state index in [0.29, 0.717) is 16.5 Å². The van der Waals surface area contributed by atoms with Crippen molar-refractivity contribution >= 4 is 16.7 Å². The van der Waals surface area contributed by atoms with Gasteiger partial charge in [-0.3, -0.25) is 9.59 Å². The van der Waals surface area contributed by atoms with Crippen LogP contribution in [0.3, 0.4) is 0 Å². The summed E-state index contributed by atoms with van der Waals surface area (Å²) in [7, 11) is 1.85. The molecule has 3 rings (SSSR count). The lowest BCUT2D eigenvalue weighted by Gasteiger charge is -2.27. The summed E-state index contributed by atoms with van der Waals surface area (Å²) in [6.07, 6.45) is 6.92. The van der Waals surface area contributed by atoms with E-state index in [1.807, 2.05) is 13.1 Å². The molecule has 0 atom stereocenters. The number of nitrogens with one attached hydrogen (secondary N) is 1. The number of nitrogens with zero attached hydrogens (tertiary/aromatic N) is 2. The maximum atomic E-state index is 12.8. The van der Waals surface area contributed by atoms with Gasteiger partial charge in [0, 0.05) is 18.5 Å². The highest BCUT2D eigenvalue weighted by Gasteiger charge is 2.24. The number of carbonyl (C=O) groups excluding carboxylic acids is 1. The van der Waals surface area contributed by atoms with Crippen LogP contribution in [0.5, 0.6) is 0 Å². The Morgan fingerprint density at radius 1 is 1.14 bits per heavy atom. The lowest BCUT2D eigenvalue weighted by molar-refractivity contribution is 0.0713. The van der Waals surface area contributed by atoms with Gasteiger partial charge >= 0.3 is 0 Å². The summed E-state index contributed by atoms with van der Waals surface area (Å²) in [6, 6.07) is 7.39. The molecule has 0 spiro atoms. The zero-order valence-electron chi connectivity index (χ0n) is 12.8. The summed E-state index contributed by atoms with van der Waals surface area (Å²) in [5, 5.41) is 7.59. The molecule has 0 unspecified atom stereocenters. The Kier molecular flexibility index (Phi) is 4.22. The van der Waals surface area contributed by atoms with Crippen molar-refractivity contribution in [2.75, 3.05) is 7.05 Å². The molecule has 0 radical (unpaired) electrons. The van der Waals surface area contributed by atoms with Crippen LogP contribution in [0.4, 0.5) is 0 Å². The van der Waals surface area contributed by atoms with Crippen LogP contribution in [0.15, 0.2) is 29.1 Å². The van der Waals surface area contributed by atoms with E-state index in [2.05, 4.69) is 10.2 Å². The molecule has 1 aromatic carbocycles. The third kappa shape index (κ3) is 2.75. The van der Waals surface area contributed by atoms with Gasteiger partial charge in [0.05, 0.1) is 5.39 Å². The van der Waals surface area contributed by atoms with Crippen LogP contribution in [0.25, 0.3) is 10.8 Å². The van der Waals surface area contributed by atoms with Gasteiger partial charge in [-0.1, -0.05) is 43.9 Å². The average Bonchev–Trinajstić information content (AvgIpc) is 2.83. The van der Waals surface area contributed by atoms with Gasteiger partial charge < -0.3 is 4.90 Å². The molecule has 5 heteroatoms. The van der Waals surface area contributed by atoms with Crippen LogP contribution in [0.2, 0.25) is 0 Å². The number of amides is 1. The van der Waals surface area contributed by atoms with Crippen LogP contribution in [0, 0.1) is 0 Å². The normalized spacial score (nSPS) is 16.4. The van der Waals surface area contributed by atoms with E-state index >= 15 is 0 Å². The largest absolute Gasteiger partial charge is 0.337 e. The molecule has 1 saturated carbocycles. The van der Waals surface area contributed by atoms with E-state index in [1.165, 1.54) is 25.7 Å².